The van der Waals surface area contributed by atoms with E-state index < -0.39 is 74.3 Å². The van der Waals surface area contributed by atoms with Gasteiger partial charge in [0.2, 0.25) is 0 Å². The average molecular weight is 412 g/mol. The molecule has 0 radical (unpaired) electrons. The third-order valence-corrected chi connectivity index (χ3v) is 6.31. The van der Waals surface area contributed by atoms with E-state index in [-0.39, 0.29) is 0 Å². The van der Waals surface area contributed by atoms with Gasteiger partial charge in [-0.25, -0.2) is 8.42 Å². The minimum atomic E-state index is -6.03. The summed E-state index contributed by atoms with van der Waals surface area (Å²) in [7, 11) is -5.09. The molecule has 0 aromatic carbocycles. The minimum absolute atomic E-state index is 0.466. The topological polar surface area (TPSA) is 71.4 Å². The molecule has 0 aromatic rings. The van der Waals surface area contributed by atoms with Gasteiger partial charge in [0.25, 0.3) is 0 Å². The molecule has 1 N–H and O–H groups in total. The number of halogens is 8. The summed E-state index contributed by atoms with van der Waals surface area (Å²) in [6.07, 6.45) is -9.38. The highest BCUT2D eigenvalue weighted by atomic mass is 32.2. The molecule has 0 aliphatic heterocycles. The fraction of sp³-hybridized carbons (Fsp3) is 0.900. The fourth-order valence-electron chi connectivity index (χ4n) is 1.39. The van der Waals surface area contributed by atoms with Crippen molar-refractivity contribution in [3.05, 3.63) is 0 Å². The molecule has 0 amide bonds. The average Bonchev–Trinajstić information content (AvgIpc) is 2.33. The van der Waals surface area contributed by atoms with Gasteiger partial charge in [0.1, 0.15) is 0 Å². The number of rotatable bonds is 8. The highest BCUT2D eigenvalue weighted by molar-refractivity contribution is 8.00. The Balaban J connectivity index is 5.25. The Labute approximate surface area is 135 Å². The third-order valence-electron chi connectivity index (χ3n) is 3.08. The van der Waals surface area contributed by atoms with Crippen LogP contribution in [0.4, 0.5) is 35.1 Å². The smallest absolute Gasteiger partial charge is 0.453 e. The number of aliphatic carboxylic acids is 1. The van der Waals surface area contributed by atoms with Crippen molar-refractivity contribution >= 4 is 27.6 Å². The maximum absolute atomic E-state index is 12.8. The second kappa shape index (κ2) is 7.22. The van der Waals surface area contributed by atoms with Crippen molar-refractivity contribution in [2.24, 2.45) is 0 Å². The van der Waals surface area contributed by atoms with Crippen LogP contribution in [0.3, 0.4) is 0 Å². The van der Waals surface area contributed by atoms with Crippen molar-refractivity contribution < 1.29 is 53.4 Å². The molecule has 24 heavy (non-hydrogen) atoms. The maximum atomic E-state index is 12.8. The summed E-state index contributed by atoms with van der Waals surface area (Å²) in [6, 6.07) is 0. The Kier molecular flexibility index (Phi) is 6.98. The number of sulfone groups is 1. The Morgan fingerprint density at radius 3 is 1.79 bits per heavy atom. The molecular weight excluding hydrogens is 400 g/mol. The standard InChI is InChI=1S/C10H12F8O4S2/c1-7(6(19)20,2-4-23-10(16,17)18)24(21,22)5-3-8(11,12)9(13,14)15/h2-5H2,1H3,(H,19,20). The van der Waals surface area contributed by atoms with Crippen molar-refractivity contribution in [2.45, 2.75) is 42.1 Å². The fourth-order valence-corrected chi connectivity index (χ4v) is 3.91. The van der Waals surface area contributed by atoms with Crippen molar-refractivity contribution in [3.8, 4) is 0 Å². The van der Waals surface area contributed by atoms with Gasteiger partial charge >= 0.3 is 23.6 Å². The summed E-state index contributed by atoms with van der Waals surface area (Å²) in [5.41, 5.74) is -4.79. The molecule has 0 aliphatic carbocycles. The number of carbonyl (C=O) groups is 1. The van der Waals surface area contributed by atoms with E-state index in [1.54, 1.807) is 0 Å². The van der Waals surface area contributed by atoms with Crippen LogP contribution in [0.5, 0.6) is 0 Å². The molecule has 4 nitrogen and oxygen atoms in total. The van der Waals surface area contributed by atoms with E-state index in [0.29, 0.717) is 6.92 Å². The monoisotopic (exact) mass is 412 g/mol. The van der Waals surface area contributed by atoms with Crippen LogP contribution >= 0.6 is 11.8 Å². The van der Waals surface area contributed by atoms with Crippen molar-refractivity contribution in [3.63, 3.8) is 0 Å². The Hall–Kier alpha value is -0.790. The van der Waals surface area contributed by atoms with Gasteiger partial charge < -0.3 is 5.11 Å². The molecule has 0 rings (SSSR count). The molecule has 0 aromatic heterocycles. The molecule has 0 spiro atoms. The Morgan fingerprint density at radius 2 is 1.46 bits per heavy atom. The summed E-state index contributed by atoms with van der Waals surface area (Å²) in [4.78, 5) is 11.1. The first kappa shape index (κ1) is 23.2. The lowest BCUT2D eigenvalue weighted by Crippen LogP contribution is -2.47. The largest absolute Gasteiger partial charge is 0.480 e. The van der Waals surface area contributed by atoms with Gasteiger partial charge in [-0.05, 0) is 13.3 Å². The lowest BCUT2D eigenvalue weighted by atomic mass is 10.1. The van der Waals surface area contributed by atoms with E-state index in [1.165, 1.54) is 0 Å². The molecule has 0 fully saturated rings. The highest BCUT2D eigenvalue weighted by Gasteiger charge is 2.58. The SMILES string of the molecule is CC(CCSC(F)(F)F)(C(=O)O)S(=O)(=O)CCC(F)(F)C(F)(F)F. The van der Waals surface area contributed by atoms with Crippen LogP contribution in [0.1, 0.15) is 19.8 Å². The normalized spacial score (nSPS) is 16.7. The van der Waals surface area contributed by atoms with Gasteiger partial charge in [-0.3, -0.25) is 4.79 Å². The molecule has 1 unspecified atom stereocenters. The summed E-state index contributed by atoms with van der Waals surface area (Å²) in [6.45, 7) is 0.466. The van der Waals surface area contributed by atoms with Crippen LogP contribution in [-0.4, -0.2) is 53.4 Å². The van der Waals surface area contributed by atoms with Crippen LogP contribution in [-0.2, 0) is 14.6 Å². The van der Waals surface area contributed by atoms with Gasteiger partial charge in [0.15, 0.2) is 14.6 Å². The van der Waals surface area contributed by atoms with Gasteiger partial charge in [-0.15, -0.1) is 0 Å². The van der Waals surface area contributed by atoms with Crippen LogP contribution < -0.4 is 0 Å². The number of thioether (sulfide) groups is 1. The molecule has 0 saturated carbocycles. The van der Waals surface area contributed by atoms with Gasteiger partial charge in [0.05, 0.1) is 5.75 Å². The molecule has 0 bridgehead atoms. The van der Waals surface area contributed by atoms with E-state index >= 15 is 0 Å². The minimum Gasteiger partial charge on any atom is -0.480 e. The number of hydrogen-bond donors (Lipinski definition) is 1. The van der Waals surface area contributed by atoms with Crippen LogP contribution in [0.2, 0.25) is 0 Å². The first-order chi connectivity index (χ1) is 10.4. The number of alkyl halides is 8. The van der Waals surface area contributed by atoms with E-state index in [2.05, 4.69) is 0 Å². The Bertz CT molecular complexity index is 554. The summed E-state index contributed by atoms with van der Waals surface area (Å²) >= 11 is -0.734. The quantitative estimate of drug-likeness (QED) is 0.619. The van der Waals surface area contributed by atoms with Crippen LogP contribution in [0.25, 0.3) is 0 Å². The van der Waals surface area contributed by atoms with Crippen molar-refractivity contribution in [1.82, 2.24) is 0 Å². The molecular formula is C10H12F8O4S2. The van der Waals surface area contributed by atoms with Gasteiger partial charge in [0, 0.05) is 12.2 Å². The lowest BCUT2D eigenvalue weighted by molar-refractivity contribution is -0.282. The third kappa shape index (κ3) is 5.93. The molecule has 0 aliphatic rings. The second-order valence-electron chi connectivity index (χ2n) is 4.85. The zero-order valence-corrected chi connectivity index (χ0v) is 13.5. The number of carboxylic acid groups (broad SMARTS) is 1. The number of hydrogen-bond acceptors (Lipinski definition) is 4. The lowest BCUT2D eigenvalue weighted by Gasteiger charge is -2.26. The zero-order chi connectivity index (χ0) is 19.6. The Morgan fingerprint density at radius 1 is 1.00 bits per heavy atom. The van der Waals surface area contributed by atoms with Gasteiger partial charge in [-0.1, -0.05) is 11.8 Å². The summed E-state index contributed by atoms with van der Waals surface area (Å²) in [5, 5.41) is 8.91. The molecule has 1 atom stereocenters. The predicted octanol–water partition coefficient (Wildman–Crippen LogP) is 3.48. The first-order valence-electron chi connectivity index (χ1n) is 5.97. The molecule has 0 heterocycles. The summed E-state index contributed by atoms with van der Waals surface area (Å²) < 4.78 is 118. The summed E-state index contributed by atoms with van der Waals surface area (Å²) in [5.74, 6) is -10.4. The van der Waals surface area contributed by atoms with E-state index in [1.807, 2.05) is 0 Å². The van der Waals surface area contributed by atoms with Crippen LogP contribution in [0.15, 0.2) is 0 Å². The number of carboxylic acids is 1. The molecule has 144 valence electrons. The first-order valence-corrected chi connectivity index (χ1v) is 8.60. The van der Waals surface area contributed by atoms with E-state index in [9.17, 15) is 48.3 Å². The van der Waals surface area contributed by atoms with E-state index in [0.717, 1.165) is 0 Å². The predicted molar refractivity (Wildman–Crippen MR) is 68.6 cm³/mol. The van der Waals surface area contributed by atoms with Crippen LogP contribution in [0, 0.1) is 0 Å². The maximum Gasteiger partial charge on any atom is 0.453 e. The highest BCUT2D eigenvalue weighted by Crippen LogP contribution is 2.40. The molecule has 14 heteroatoms. The second-order valence-corrected chi connectivity index (χ2v) is 8.55. The van der Waals surface area contributed by atoms with Gasteiger partial charge in [-0.2, -0.15) is 35.1 Å². The van der Waals surface area contributed by atoms with Crippen molar-refractivity contribution in [1.29, 1.82) is 0 Å². The molecule has 0 saturated heterocycles. The van der Waals surface area contributed by atoms with E-state index in [4.69, 9.17) is 5.11 Å². The zero-order valence-electron chi connectivity index (χ0n) is 11.8. The van der Waals surface area contributed by atoms with Crippen molar-refractivity contribution in [2.75, 3.05) is 11.5 Å².